The molecule has 29 heavy (non-hydrogen) atoms. The van der Waals surface area contributed by atoms with Crippen molar-refractivity contribution >= 4 is 17.8 Å². The van der Waals surface area contributed by atoms with Gasteiger partial charge in [-0.1, -0.05) is 48.5 Å². The van der Waals surface area contributed by atoms with Crippen molar-refractivity contribution in [3.05, 3.63) is 102 Å². The van der Waals surface area contributed by atoms with E-state index in [0.717, 1.165) is 16.9 Å². The van der Waals surface area contributed by atoms with E-state index in [0.29, 0.717) is 17.9 Å². The first-order chi connectivity index (χ1) is 14.1. The van der Waals surface area contributed by atoms with Crippen molar-refractivity contribution < 1.29 is 24.2 Å². The van der Waals surface area contributed by atoms with Crippen molar-refractivity contribution in [1.82, 2.24) is 0 Å². The average molecular weight is 387 g/mol. The van der Waals surface area contributed by atoms with Crippen molar-refractivity contribution in [1.29, 1.82) is 0 Å². The molecule has 3 aromatic carbocycles. The van der Waals surface area contributed by atoms with E-state index in [9.17, 15) is 14.7 Å². The van der Waals surface area contributed by atoms with Crippen molar-refractivity contribution in [2.24, 2.45) is 0 Å². The highest BCUT2D eigenvalue weighted by Gasteiger charge is 2.03. The zero-order valence-corrected chi connectivity index (χ0v) is 15.6. The molecular weight excluding hydrogens is 368 g/mol. The molecule has 0 saturated heterocycles. The highest BCUT2D eigenvalue weighted by Crippen LogP contribution is 2.16. The SMILES string of the molecule is O=C([O-])COc1ccc(C(=O)/C=C/c2ccc(OCc3ccccc3)cc2)cc1. The third kappa shape index (κ3) is 6.36. The van der Waals surface area contributed by atoms with Crippen LogP contribution < -0.4 is 14.6 Å². The summed E-state index contributed by atoms with van der Waals surface area (Å²) in [7, 11) is 0. The van der Waals surface area contributed by atoms with Gasteiger partial charge in [0.2, 0.25) is 0 Å². The van der Waals surface area contributed by atoms with Crippen molar-refractivity contribution in [2.45, 2.75) is 6.61 Å². The van der Waals surface area contributed by atoms with Gasteiger partial charge in [-0.3, -0.25) is 4.79 Å². The number of carboxylic acid groups (broad SMARTS) is 1. The molecular formula is C24H19O5-. The van der Waals surface area contributed by atoms with Gasteiger partial charge in [0.05, 0.1) is 5.97 Å². The second-order valence-corrected chi connectivity index (χ2v) is 6.23. The normalized spacial score (nSPS) is 10.6. The van der Waals surface area contributed by atoms with Gasteiger partial charge in [-0.2, -0.15) is 0 Å². The van der Waals surface area contributed by atoms with Gasteiger partial charge in [-0.25, -0.2) is 0 Å². The van der Waals surface area contributed by atoms with Gasteiger partial charge in [0.1, 0.15) is 24.7 Å². The zero-order chi connectivity index (χ0) is 20.5. The van der Waals surface area contributed by atoms with Crippen molar-refractivity contribution in [3.8, 4) is 11.5 Å². The molecule has 3 rings (SSSR count). The number of hydrogen-bond donors (Lipinski definition) is 0. The van der Waals surface area contributed by atoms with Crippen LogP contribution in [0, 0.1) is 0 Å². The number of ether oxygens (including phenoxy) is 2. The maximum absolute atomic E-state index is 12.3. The Morgan fingerprint density at radius 3 is 2.07 bits per heavy atom. The Morgan fingerprint density at radius 2 is 1.41 bits per heavy atom. The maximum Gasteiger partial charge on any atom is 0.185 e. The third-order valence-corrected chi connectivity index (χ3v) is 4.05. The predicted molar refractivity (Wildman–Crippen MR) is 108 cm³/mol. The Morgan fingerprint density at radius 1 is 0.793 bits per heavy atom. The first-order valence-corrected chi connectivity index (χ1v) is 9.02. The van der Waals surface area contributed by atoms with Crippen LogP contribution in [0.15, 0.2) is 84.9 Å². The molecule has 3 aromatic rings. The van der Waals surface area contributed by atoms with Crippen LogP contribution in [-0.2, 0) is 11.4 Å². The van der Waals surface area contributed by atoms with Crippen LogP contribution in [0.2, 0.25) is 0 Å². The Bertz CT molecular complexity index is 974. The fourth-order valence-electron chi connectivity index (χ4n) is 2.54. The van der Waals surface area contributed by atoms with E-state index in [1.54, 1.807) is 30.3 Å². The zero-order valence-electron chi connectivity index (χ0n) is 15.6. The summed E-state index contributed by atoms with van der Waals surface area (Å²) < 4.78 is 10.7. The second kappa shape index (κ2) is 9.90. The molecule has 0 unspecified atom stereocenters. The van der Waals surface area contributed by atoms with Gasteiger partial charge >= 0.3 is 0 Å². The number of allylic oxidation sites excluding steroid dienone is 1. The molecule has 0 fully saturated rings. The first-order valence-electron chi connectivity index (χ1n) is 9.02. The van der Waals surface area contributed by atoms with E-state index in [1.807, 2.05) is 54.6 Å². The van der Waals surface area contributed by atoms with Gasteiger partial charge in [0, 0.05) is 5.56 Å². The fourth-order valence-corrected chi connectivity index (χ4v) is 2.54. The third-order valence-electron chi connectivity index (χ3n) is 4.05. The van der Waals surface area contributed by atoms with Crippen LogP contribution in [0.4, 0.5) is 0 Å². The quantitative estimate of drug-likeness (QED) is 0.416. The van der Waals surface area contributed by atoms with E-state index in [1.165, 1.54) is 6.08 Å². The summed E-state index contributed by atoms with van der Waals surface area (Å²) in [5.41, 5.74) is 2.45. The van der Waals surface area contributed by atoms with Crippen LogP contribution in [0.25, 0.3) is 6.08 Å². The van der Waals surface area contributed by atoms with Crippen LogP contribution in [-0.4, -0.2) is 18.4 Å². The summed E-state index contributed by atoms with van der Waals surface area (Å²) in [6, 6.07) is 23.6. The summed E-state index contributed by atoms with van der Waals surface area (Å²) in [6.45, 7) is -0.0323. The Balaban J connectivity index is 1.53. The first kappa shape index (κ1) is 19.9. The number of rotatable bonds is 9. The molecule has 0 bridgehead atoms. The lowest BCUT2D eigenvalue weighted by Gasteiger charge is -2.07. The molecule has 0 saturated carbocycles. The number of hydrogen-bond acceptors (Lipinski definition) is 5. The number of aliphatic carboxylic acids is 1. The summed E-state index contributed by atoms with van der Waals surface area (Å²) in [5, 5.41) is 10.4. The summed E-state index contributed by atoms with van der Waals surface area (Å²) in [5.74, 6) is -0.351. The molecule has 0 amide bonds. The summed E-state index contributed by atoms with van der Waals surface area (Å²) >= 11 is 0. The lowest BCUT2D eigenvalue weighted by atomic mass is 10.1. The predicted octanol–water partition coefficient (Wildman–Crippen LogP) is 3.29. The average Bonchev–Trinajstić information content (AvgIpc) is 2.76. The summed E-state index contributed by atoms with van der Waals surface area (Å²) in [6.07, 6.45) is 3.21. The minimum absolute atomic E-state index is 0.166. The van der Waals surface area contributed by atoms with Crippen LogP contribution in [0.5, 0.6) is 11.5 Å². The molecule has 0 N–H and O–H groups in total. The molecule has 146 valence electrons. The molecule has 0 radical (unpaired) electrons. The molecule has 0 heterocycles. The van der Waals surface area contributed by atoms with E-state index in [4.69, 9.17) is 9.47 Å². The Labute approximate surface area is 168 Å². The monoisotopic (exact) mass is 387 g/mol. The fraction of sp³-hybridized carbons (Fsp3) is 0.0833. The molecule has 0 spiro atoms. The number of benzene rings is 3. The highest BCUT2D eigenvalue weighted by molar-refractivity contribution is 6.06. The van der Waals surface area contributed by atoms with Gasteiger partial charge < -0.3 is 19.4 Å². The smallest absolute Gasteiger partial charge is 0.185 e. The van der Waals surface area contributed by atoms with Crippen molar-refractivity contribution in [2.75, 3.05) is 6.61 Å². The summed E-state index contributed by atoms with van der Waals surface area (Å²) in [4.78, 5) is 22.6. The minimum Gasteiger partial charge on any atom is -0.546 e. The van der Waals surface area contributed by atoms with Gasteiger partial charge in [-0.05, 0) is 53.6 Å². The molecule has 5 heteroatoms. The molecule has 0 aliphatic rings. The molecule has 0 aliphatic heterocycles. The maximum atomic E-state index is 12.3. The standard InChI is InChI=1S/C24H20O5/c25-23(20-9-13-22(14-10-20)29-17-24(26)27)15-8-18-6-11-21(12-7-18)28-16-19-4-2-1-3-5-19/h1-15H,16-17H2,(H,26,27)/p-1/b15-8+. The van der Waals surface area contributed by atoms with E-state index in [-0.39, 0.29) is 5.78 Å². The largest absolute Gasteiger partial charge is 0.546 e. The van der Waals surface area contributed by atoms with E-state index >= 15 is 0 Å². The van der Waals surface area contributed by atoms with Crippen LogP contribution in [0.3, 0.4) is 0 Å². The molecule has 5 nitrogen and oxygen atoms in total. The van der Waals surface area contributed by atoms with Crippen molar-refractivity contribution in [3.63, 3.8) is 0 Å². The molecule has 0 atom stereocenters. The Kier molecular flexibility index (Phi) is 6.79. The topological polar surface area (TPSA) is 75.7 Å². The number of carboxylic acids is 1. The van der Waals surface area contributed by atoms with E-state index in [2.05, 4.69) is 0 Å². The van der Waals surface area contributed by atoms with Gasteiger partial charge in [-0.15, -0.1) is 0 Å². The second-order valence-electron chi connectivity index (χ2n) is 6.23. The molecule has 0 aliphatic carbocycles. The lowest BCUT2D eigenvalue weighted by molar-refractivity contribution is -0.307. The molecule has 0 aromatic heterocycles. The number of carbonyl (C=O) groups excluding carboxylic acids is 2. The van der Waals surface area contributed by atoms with Gasteiger partial charge in [0.15, 0.2) is 5.78 Å². The number of ketones is 1. The van der Waals surface area contributed by atoms with Gasteiger partial charge in [0.25, 0.3) is 0 Å². The number of carbonyl (C=O) groups is 2. The lowest BCUT2D eigenvalue weighted by Crippen LogP contribution is -2.28. The minimum atomic E-state index is -1.30. The Hall–Kier alpha value is -3.86. The van der Waals surface area contributed by atoms with E-state index < -0.39 is 12.6 Å². The highest BCUT2D eigenvalue weighted by atomic mass is 16.5. The van der Waals surface area contributed by atoms with Crippen LogP contribution >= 0.6 is 0 Å². The van der Waals surface area contributed by atoms with Crippen LogP contribution in [0.1, 0.15) is 21.5 Å².